The summed E-state index contributed by atoms with van der Waals surface area (Å²) >= 11 is 0. The third kappa shape index (κ3) is 2.74. The van der Waals surface area contributed by atoms with Crippen molar-refractivity contribution in [3.8, 4) is 5.75 Å². The van der Waals surface area contributed by atoms with E-state index in [0.29, 0.717) is 11.4 Å². The van der Waals surface area contributed by atoms with Gasteiger partial charge in [-0.1, -0.05) is 0 Å². The molecule has 0 aliphatic rings. The van der Waals surface area contributed by atoms with E-state index in [4.69, 9.17) is 15.9 Å². The van der Waals surface area contributed by atoms with Crippen LogP contribution in [0, 0.1) is 5.41 Å². The lowest BCUT2D eigenvalue weighted by atomic mass is 10.3. The van der Waals surface area contributed by atoms with Crippen molar-refractivity contribution in [2.75, 3.05) is 0 Å². The molecule has 0 fully saturated rings. The zero-order chi connectivity index (χ0) is 9.84. The van der Waals surface area contributed by atoms with Gasteiger partial charge in [-0.3, -0.25) is 5.41 Å². The van der Waals surface area contributed by atoms with Crippen LogP contribution in [0.2, 0.25) is 0 Å². The Kier molecular flexibility index (Phi) is 2.84. The van der Waals surface area contributed by atoms with Crippen molar-refractivity contribution in [1.82, 2.24) is 4.98 Å². The molecule has 0 radical (unpaired) electrons. The zero-order valence-corrected chi connectivity index (χ0v) is 7.74. The second-order valence-electron chi connectivity index (χ2n) is 2.96. The number of nitrogens with one attached hydrogen (secondary N) is 1. The summed E-state index contributed by atoms with van der Waals surface area (Å²) < 4.78 is 5.38. The normalized spacial score (nSPS) is 10.1. The average molecular weight is 179 g/mol. The maximum Gasteiger partial charge on any atom is 0.141 e. The monoisotopic (exact) mass is 179 g/mol. The van der Waals surface area contributed by atoms with Gasteiger partial charge in [-0.25, -0.2) is 4.98 Å². The predicted molar refractivity (Wildman–Crippen MR) is 51.0 cm³/mol. The van der Waals surface area contributed by atoms with Crippen molar-refractivity contribution in [1.29, 1.82) is 5.41 Å². The van der Waals surface area contributed by atoms with Gasteiger partial charge in [0.1, 0.15) is 17.3 Å². The number of nitrogens with zero attached hydrogens (tertiary/aromatic N) is 1. The minimum absolute atomic E-state index is 0.0314. The Balaban J connectivity index is 2.75. The van der Waals surface area contributed by atoms with Gasteiger partial charge in [0.15, 0.2) is 0 Å². The van der Waals surface area contributed by atoms with Crippen molar-refractivity contribution in [2.24, 2.45) is 5.73 Å². The van der Waals surface area contributed by atoms with E-state index >= 15 is 0 Å². The molecule has 4 heteroatoms. The number of ether oxygens (including phenoxy) is 1. The first kappa shape index (κ1) is 9.51. The molecule has 0 saturated heterocycles. The quantitative estimate of drug-likeness (QED) is 0.540. The van der Waals surface area contributed by atoms with Crippen LogP contribution < -0.4 is 10.5 Å². The first-order valence-electron chi connectivity index (χ1n) is 4.06. The van der Waals surface area contributed by atoms with E-state index in [2.05, 4.69) is 4.98 Å². The number of nitrogens with two attached hydrogens (primary N) is 1. The average Bonchev–Trinajstić information content (AvgIpc) is 2.04. The highest BCUT2D eigenvalue weighted by Crippen LogP contribution is 2.10. The number of amidine groups is 1. The molecule has 1 heterocycles. The van der Waals surface area contributed by atoms with Crippen LogP contribution in [-0.2, 0) is 0 Å². The van der Waals surface area contributed by atoms with Crippen LogP contribution in [-0.4, -0.2) is 16.9 Å². The highest BCUT2D eigenvalue weighted by atomic mass is 16.5. The molecule has 0 saturated carbocycles. The number of hydrogen-bond donors (Lipinski definition) is 2. The fraction of sp³-hybridized carbons (Fsp3) is 0.333. The highest BCUT2D eigenvalue weighted by molar-refractivity contribution is 5.92. The smallest absolute Gasteiger partial charge is 0.141 e. The SMILES string of the molecule is CC(C)Oc1ccc(C(=N)N)nc1. The number of hydrogen-bond acceptors (Lipinski definition) is 3. The summed E-state index contributed by atoms with van der Waals surface area (Å²) in [6.07, 6.45) is 1.70. The lowest BCUT2D eigenvalue weighted by Gasteiger charge is -2.08. The molecule has 3 N–H and O–H groups in total. The summed E-state index contributed by atoms with van der Waals surface area (Å²) in [5, 5.41) is 7.12. The fourth-order valence-electron chi connectivity index (χ4n) is 0.881. The zero-order valence-electron chi connectivity index (χ0n) is 7.74. The first-order valence-corrected chi connectivity index (χ1v) is 4.06. The minimum Gasteiger partial charge on any atom is -0.489 e. The van der Waals surface area contributed by atoms with Crippen LogP contribution in [0.3, 0.4) is 0 Å². The van der Waals surface area contributed by atoms with Crippen molar-refractivity contribution in [2.45, 2.75) is 20.0 Å². The van der Waals surface area contributed by atoms with Gasteiger partial charge >= 0.3 is 0 Å². The van der Waals surface area contributed by atoms with Crippen LogP contribution in [0.4, 0.5) is 0 Å². The Morgan fingerprint density at radius 1 is 1.54 bits per heavy atom. The van der Waals surface area contributed by atoms with E-state index < -0.39 is 0 Å². The van der Waals surface area contributed by atoms with Gasteiger partial charge in [-0.15, -0.1) is 0 Å². The molecule has 13 heavy (non-hydrogen) atoms. The van der Waals surface area contributed by atoms with E-state index in [1.807, 2.05) is 13.8 Å². The Morgan fingerprint density at radius 2 is 2.23 bits per heavy atom. The molecular weight excluding hydrogens is 166 g/mol. The highest BCUT2D eigenvalue weighted by Gasteiger charge is 2.00. The largest absolute Gasteiger partial charge is 0.489 e. The number of pyridine rings is 1. The van der Waals surface area contributed by atoms with Crippen molar-refractivity contribution in [3.05, 3.63) is 24.0 Å². The van der Waals surface area contributed by atoms with Crippen LogP contribution in [0.25, 0.3) is 0 Å². The number of rotatable bonds is 3. The molecule has 0 aromatic carbocycles. The predicted octanol–water partition coefficient (Wildman–Crippen LogP) is 1.15. The van der Waals surface area contributed by atoms with Gasteiger partial charge in [0.25, 0.3) is 0 Å². The lowest BCUT2D eigenvalue weighted by molar-refractivity contribution is 0.241. The van der Waals surface area contributed by atoms with E-state index in [9.17, 15) is 0 Å². The van der Waals surface area contributed by atoms with E-state index in [0.717, 1.165) is 0 Å². The molecule has 1 rings (SSSR count). The van der Waals surface area contributed by atoms with Crippen molar-refractivity contribution >= 4 is 5.84 Å². The van der Waals surface area contributed by atoms with Gasteiger partial charge < -0.3 is 10.5 Å². The second kappa shape index (κ2) is 3.89. The summed E-state index contributed by atoms with van der Waals surface area (Å²) in [5.41, 5.74) is 5.71. The summed E-state index contributed by atoms with van der Waals surface area (Å²) in [7, 11) is 0. The molecule has 0 aliphatic carbocycles. The molecule has 0 amide bonds. The van der Waals surface area contributed by atoms with Crippen molar-refractivity contribution < 1.29 is 4.74 Å². The summed E-state index contributed by atoms with van der Waals surface area (Å²) in [6, 6.07) is 3.42. The van der Waals surface area contributed by atoms with E-state index in [1.54, 1.807) is 18.3 Å². The topological polar surface area (TPSA) is 72.0 Å². The van der Waals surface area contributed by atoms with Gasteiger partial charge in [0, 0.05) is 0 Å². The van der Waals surface area contributed by atoms with Crippen LogP contribution in [0.5, 0.6) is 5.75 Å². The molecule has 0 bridgehead atoms. The Labute approximate surface area is 77.2 Å². The summed E-state index contributed by atoms with van der Waals surface area (Å²) in [6.45, 7) is 3.89. The molecular formula is C9H13N3O. The molecule has 4 nitrogen and oxygen atoms in total. The van der Waals surface area contributed by atoms with Gasteiger partial charge in [-0.05, 0) is 26.0 Å². The Morgan fingerprint density at radius 3 is 2.62 bits per heavy atom. The lowest BCUT2D eigenvalue weighted by Crippen LogP contribution is -2.13. The third-order valence-electron chi connectivity index (χ3n) is 1.38. The van der Waals surface area contributed by atoms with Crippen LogP contribution in [0.1, 0.15) is 19.5 Å². The standard InChI is InChI=1S/C9H13N3O/c1-6(2)13-7-3-4-8(9(10)11)12-5-7/h3-6H,1-2H3,(H3,10,11). The third-order valence-corrected chi connectivity index (χ3v) is 1.38. The van der Waals surface area contributed by atoms with Crippen LogP contribution >= 0.6 is 0 Å². The molecule has 1 aromatic rings. The summed E-state index contributed by atoms with van der Waals surface area (Å²) in [5.74, 6) is 0.663. The molecule has 0 aliphatic heterocycles. The van der Waals surface area contributed by atoms with Gasteiger partial charge in [-0.2, -0.15) is 0 Å². The molecule has 1 aromatic heterocycles. The Bertz CT molecular complexity index is 292. The van der Waals surface area contributed by atoms with Crippen molar-refractivity contribution in [3.63, 3.8) is 0 Å². The van der Waals surface area contributed by atoms with E-state index in [-0.39, 0.29) is 11.9 Å². The Hall–Kier alpha value is -1.58. The van der Waals surface area contributed by atoms with Gasteiger partial charge in [0.05, 0.1) is 12.3 Å². The van der Waals surface area contributed by atoms with Crippen LogP contribution in [0.15, 0.2) is 18.3 Å². The fourth-order valence-corrected chi connectivity index (χ4v) is 0.881. The maximum atomic E-state index is 7.12. The first-order chi connectivity index (χ1) is 6.09. The molecule has 0 atom stereocenters. The number of nitrogen functional groups attached to an aromatic ring is 1. The molecule has 70 valence electrons. The van der Waals surface area contributed by atoms with Gasteiger partial charge in [0.2, 0.25) is 0 Å². The minimum atomic E-state index is -0.0314. The maximum absolute atomic E-state index is 7.12. The second-order valence-corrected chi connectivity index (χ2v) is 2.96. The molecule has 0 spiro atoms. The molecule has 0 unspecified atom stereocenters. The number of aromatic nitrogens is 1. The summed E-state index contributed by atoms with van der Waals surface area (Å²) in [4.78, 5) is 3.96. The van der Waals surface area contributed by atoms with E-state index in [1.165, 1.54) is 0 Å².